The van der Waals surface area contributed by atoms with Gasteiger partial charge >= 0.3 is 0 Å². The van der Waals surface area contributed by atoms with Crippen molar-refractivity contribution in [2.75, 3.05) is 13.1 Å². The molecule has 2 aromatic carbocycles. The van der Waals surface area contributed by atoms with Crippen LogP contribution in [0, 0.1) is 5.82 Å². The molecule has 0 aliphatic carbocycles. The molecule has 22 heavy (non-hydrogen) atoms. The number of rotatable bonds is 3. The van der Waals surface area contributed by atoms with E-state index in [-0.39, 0.29) is 11.4 Å². The van der Waals surface area contributed by atoms with E-state index in [1.165, 1.54) is 16.4 Å². The van der Waals surface area contributed by atoms with Crippen molar-refractivity contribution in [1.82, 2.24) is 4.31 Å². The van der Waals surface area contributed by atoms with E-state index in [0.717, 1.165) is 12.1 Å². The molecule has 3 rings (SSSR count). The van der Waals surface area contributed by atoms with Crippen LogP contribution in [0.4, 0.5) is 4.39 Å². The molecule has 0 fully saturated rings. The number of benzene rings is 2. The van der Waals surface area contributed by atoms with Crippen LogP contribution in [-0.2, 0) is 10.0 Å². The summed E-state index contributed by atoms with van der Waals surface area (Å²) in [6.07, 6.45) is 0. The lowest BCUT2D eigenvalue weighted by Crippen LogP contribution is -2.34. The first-order valence-electron chi connectivity index (χ1n) is 6.57. The van der Waals surface area contributed by atoms with Crippen molar-refractivity contribution < 1.29 is 12.8 Å². The number of aliphatic imine (C=N–C) groups is 1. The lowest BCUT2D eigenvalue weighted by molar-refractivity contribution is 0.537. The molecule has 0 radical (unpaired) electrons. The highest BCUT2D eigenvalue weighted by atomic mass is 35.5. The Morgan fingerprint density at radius 2 is 1.86 bits per heavy atom. The second kappa shape index (κ2) is 5.70. The number of sulfonamides is 1. The van der Waals surface area contributed by atoms with Gasteiger partial charge in [0.1, 0.15) is 11.7 Å². The molecular weight excluding hydrogens is 327 g/mol. The van der Waals surface area contributed by atoms with Crippen molar-refractivity contribution in [1.29, 1.82) is 0 Å². The molecule has 0 aromatic heterocycles. The van der Waals surface area contributed by atoms with Crippen molar-refractivity contribution in [2.45, 2.75) is 4.90 Å². The minimum absolute atomic E-state index is 0.0329. The molecular formula is C15H12ClFN2O2S. The van der Waals surface area contributed by atoms with Gasteiger partial charge in [0.15, 0.2) is 0 Å². The molecule has 0 bridgehead atoms. The van der Waals surface area contributed by atoms with Gasteiger partial charge in [0, 0.05) is 10.6 Å². The van der Waals surface area contributed by atoms with Gasteiger partial charge in [0.25, 0.3) is 10.0 Å². The average Bonchev–Trinajstić information content (AvgIpc) is 2.98. The van der Waals surface area contributed by atoms with Crippen molar-refractivity contribution in [2.24, 2.45) is 4.99 Å². The third-order valence-electron chi connectivity index (χ3n) is 3.29. The van der Waals surface area contributed by atoms with Gasteiger partial charge in [0.2, 0.25) is 0 Å². The molecule has 1 aliphatic rings. The predicted octanol–water partition coefficient (Wildman–Crippen LogP) is 2.93. The molecule has 0 amide bonds. The molecule has 7 heteroatoms. The molecule has 4 nitrogen and oxygen atoms in total. The summed E-state index contributed by atoms with van der Waals surface area (Å²) in [5.41, 5.74) is 0.635. The van der Waals surface area contributed by atoms with E-state index >= 15 is 0 Å². The maximum atomic E-state index is 13.0. The Bertz CT molecular complexity index is 835. The maximum absolute atomic E-state index is 13.0. The quantitative estimate of drug-likeness (QED) is 0.864. The van der Waals surface area contributed by atoms with E-state index in [9.17, 15) is 12.8 Å². The lowest BCUT2D eigenvalue weighted by atomic mass is 10.2. The monoisotopic (exact) mass is 338 g/mol. The predicted molar refractivity (Wildman–Crippen MR) is 83.1 cm³/mol. The first-order valence-corrected chi connectivity index (χ1v) is 8.39. The first kappa shape index (κ1) is 15.0. The van der Waals surface area contributed by atoms with Gasteiger partial charge in [-0.1, -0.05) is 23.7 Å². The Hall–Kier alpha value is -1.92. The number of hydrogen-bond donors (Lipinski definition) is 0. The second-order valence-electron chi connectivity index (χ2n) is 4.75. The van der Waals surface area contributed by atoms with Crippen molar-refractivity contribution >= 4 is 27.5 Å². The Labute approximate surface area is 132 Å². The third kappa shape index (κ3) is 2.71. The highest BCUT2D eigenvalue weighted by molar-refractivity contribution is 7.89. The average molecular weight is 339 g/mol. The minimum atomic E-state index is -3.77. The topological polar surface area (TPSA) is 49.7 Å². The number of amidine groups is 1. The van der Waals surface area contributed by atoms with Crippen LogP contribution < -0.4 is 0 Å². The van der Waals surface area contributed by atoms with Gasteiger partial charge in [0.05, 0.1) is 18.0 Å². The van der Waals surface area contributed by atoms with E-state index in [1.54, 1.807) is 24.3 Å². The molecule has 1 aliphatic heterocycles. The van der Waals surface area contributed by atoms with E-state index in [2.05, 4.69) is 4.99 Å². The fourth-order valence-electron chi connectivity index (χ4n) is 2.26. The maximum Gasteiger partial charge on any atom is 0.265 e. The van der Waals surface area contributed by atoms with Crippen molar-refractivity contribution in [3.8, 4) is 0 Å². The van der Waals surface area contributed by atoms with Crippen molar-refractivity contribution in [3.63, 3.8) is 0 Å². The summed E-state index contributed by atoms with van der Waals surface area (Å²) in [7, 11) is -3.77. The minimum Gasteiger partial charge on any atom is -0.265 e. The number of hydrogen-bond acceptors (Lipinski definition) is 3. The zero-order valence-electron chi connectivity index (χ0n) is 11.4. The van der Waals surface area contributed by atoms with Crippen LogP contribution in [0.3, 0.4) is 0 Å². The van der Waals surface area contributed by atoms with E-state index in [0.29, 0.717) is 23.0 Å². The summed E-state index contributed by atoms with van der Waals surface area (Å²) in [6, 6.07) is 11.6. The largest absolute Gasteiger partial charge is 0.265 e. The normalized spacial score (nSPS) is 15.0. The molecule has 0 saturated heterocycles. The Kier molecular flexibility index (Phi) is 3.88. The smallest absolute Gasteiger partial charge is 0.265 e. The summed E-state index contributed by atoms with van der Waals surface area (Å²) >= 11 is 5.96. The lowest BCUT2D eigenvalue weighted by Gasteiger charge is -2.20. The fourth-order valence-corrected chi connectivity index (χ4v) is 3.90. The highest BCUT2D eigenvalue weighted by Gasteiger charge is 2.31. The summed E-state index contributed by atoms with van der Waals surface area (Å²) in [5.74, 6) is -0.129. The summed E-state index contributed by atoms with van der Waals surface area (Å²) in [5, 5.41) is 0.506. The number of halogens is 2. The summed E-state index contributed by atoms with van der Waals surface area (Å²) in [6.45, 7) is 0.629. The first-order chi connectivity index (χ1) is 10.5. The second-order valence-corrected chi connectivity index (χ2v) is 7.05. The van der Waals surface area contributed by atoms with Gasteiger partial charge in [-0.25, -0.2) is 17.1 Å². The van der Waals surface area contributed by atoms with Crippen molar-refractivity contribution in [3.05, 3.63) is 64.9 Å². The van der Waals surface area contributed by atoms with Crippen LogP contribution in [0.15, 0.2) is 58.4 Å². The Morgan fingerprint density at radius 3 is 2.55 bits per heavy atom. The van der Waals surface area contributed by atoms with Crippen LogP contribution in [0.2, 0.25) is 5.02 Å². The molecule has 0 unspecified atom stereocenters. The molecule has 114 valence electrons. The Morgan fingerprint density at radius 1 is 1.14 bits per heavy atom. The Balaban J connectivity index is 2.00. The SMILES string of the molecule is O=S(=O)(c1ccc(F)cc1)N1CCN=C1c1cccc(Cl)c1. The van der Waals surface area contributed by atoms with Gasteiger partial charge in [-0.15, -0.1) is 0 Å². The molecule has 2 aromatic rings. The van der Waals surface area contributed by atoms with E-state index < -0.39 is 15.8 Å². The van der Waals surface area contributed by atoms with Gasteiger partial charge in [-0.2, -0.15) is 0 Å². The standard InChI is InChI=1S/C15H12ClFN2O2S/c16-12-3-1-2-11(10-12)15-18-8-9-19(15)22(20,21)14-6-4-13(17)5-7-14/h1-7,10H,8-9H2. The van der Waals surface area contributed by atoms with Crippen LogP contribution in [0.25, 0.3) is 0 Å². The summed E-state index contributed by atoms with van der Waals surface area (Å²) in [4.78, 5) is 4.30. The van der Waals surface area contributed by atoms with Crippen LogP contribution >= 0.6 is 11.6 Å². The van der Waals surface area contributed by atoms with Gasteiger partial charge in [-0.3, -0.25) is 4.99 Å². The van der Waals surface area contributed by atoms with E-state index in [4.69, 9.17) is 11.6 Å². The van der Waals surface area contributed by atoms with Crippen LogP contribution in [0.5, 0.6) is 0 Å². The summed E-state index contributed by atoms with van der Waals surface area (Å²) < 4.78 is 39.6. The zero-order chi connectivity index (χ0) is 15.7. The molecule has 0 spiro atoms. The zero-order valence-corrected chi connectivity index (χ0v) is 13.0. The van der Waals surface area contributed by atoms with E-state index in [1.807, 2.05) is 0 Å². The molecule has 0 N–H and O–H groups in total. The molecule has 1 heterocycles. The van der Waals surface area contributed by atoms with Crippen LogP contribution in [-0.4, -0.2) is 31.6 Å². The van der Waals surface area contributed by atoms with Gasteiger partial charge in [-0.05, 0) is 36.4 Å². The molecule has 0 atom stereocenters. The molecule has 0 saturated carbocycles. The number of nitrogens with zero attached hydrogens (tertiary/aromatic N) is 2. The fraction of sp³-hybridized carbons (Fsp3) is 0.133. The van der Waals surface area contributed by atoms with Crippen LogP contribution in [0.1, 0.15) is 5.56 Å². The van der Waals surface area contributed by atoms with Gasteiger partial charge < -0.3 is 0 Å². The highest BCUT2D eigenvalue weighted by Crippen LogP contribution is 2.23. The third-order valence-corrected chi connectivity index (χ3v) is 5.32.